The Hall–Kier alpha value is -3.52. The maximum absolute atomic E-state index is 12.8. The van der Waals surface area contributed by atoms with E-state index in [0.717, 1.165) is 28.3 Å². The lowest BCUT2D eigenvalue weighted by atomic mass is 10.1. The molecule has 0 atom stereocenters. The van der Waals surface area contributed by atoms with Crippen LogP contribution in [0.15, 0.2) is 64.4 Å². The molecule has 0 saturated carbocycles. The fourth-order valence-corrected chi connectivity index (χ4v) is 4.45. The summed E-state index contributed by atoms with van der Waals surface area (Å²) in [6, 6.07) is 15.4. The third-order valence-corrected chi connectivity index (χ3v) is 5.98. The molecule has 2 heterocycles. The number of anilines is 1. The number of carbonyl (C=O) groups excluding carboxylic acids is 1. The number of hydrogen-bond acceptors (Lipinski definition) is 6. The van der Waals surface area contributed by atoms with Crippen molar-refractivity contribution in [1.82, 2.24) is 14.8 Å². The fraction of sp³-hybridized carbons (Fsp3) is 0.240. The van der Waals surface area contributed by atoms with E-state index in [-0.39, 0.29) is 11.7 Å². The van der Waals surface area contributed by atoms with E-state index in [1.54, 1.807) is 12.3 Å². The predicted molar refractivity (Wildman–Crippen MR) is 130 cm³/mol. The molecular weight excluding hydrogens is 436 g/mol. The zero-order valence-corrected chi connectivity index (χ0v) is 19.9. The number of amides is 1. The molecule has 0 aliphatic heterocycles. The molecule has 2 aromatic heterocycles. The normalized spacial score (nSPS) is 10.9. The summed E-state index contributed by atoms with van der Waals surface area (Å²) < 4.78 is 13.0. The summed E-state index contributed by atoms with van der Waals surface area (Å²) in [5.74, 6) is 2.04. The molecule has 0 aliphatic carbocycles. The second kappa shape index (κ2) is 9.95. The van der Waals surface area contributed by atoms with E-state index in [9.17, 15) is 4.79 Å². The molecule has 33 heavy (non-hydrogen) atoms. The van der Waals surface area contributed by atoms with Crippen molar-refractivity contribution in [3.05, 3.63) is 71.5 Å². The number of aryl methyl sites for hydroxylation is 3. The zero-order chi connectivity index (χ0) is 23.4. The molecule has 2 aromatic carbocycles. The molecular formula is C25H26N4O3S. The van der Waals surface area contributed by atoms with E-state index in [1.165, 1.54) is 17.3 Å². The van der Waals surface area contributed by atoms with Gasteiger partial charge in [-0.2, -0.15) is 0 Å². The number of benzene rings is 2. The van der Waals surface area contributed by atoms with Gasteiger partial charge in [0.05, 0.1) is 24.3 Å². The maximum Gasteiger partial charge on any atom is 0.234 e. The number of ether oxygens (including phenoxy) is 1. The highest BCUT2D eigenvalue weighted by Gasteiger charge is 2.19. The number of nitrogens with one attached hydrogen (secondary N) is 1. The molecule has 0 radical (unpaired) electrons. The van der Waals surface area contributed by atoms with Crippen LogP contribution in [-0.4, -0.2) is 33.0 Å². The van der Waals surface area contributed by atoms with Gasteiger partial charge in [0.25, 0.3) is 0 Å². The van der Waals surface area contributed by atoms with Crippen molar-refractivity contribution in [3.8, 4) is 23.0 Å². The van der Waals surface area contributed by atoms with Gasteiger partial charge in [-0.05, 0) is 75.2 Å². The van der Waals surface area contributed by atoms with Crippen molar-refractivity contribution in [1.29, 1.82) is 0 Å². The Morgan fingerprint density at radius 3 is 2.45 bits per heavy atom. The van der Waals surface area contributed by atoms with Crippen LogP contribution in [0.3, 0.4) is 0 Å². The molecule has 8 heteroatoms. The molecule has 170 valence electrons. The Kier molecular flexibility index (Phi) is 6.84. The number of rotatable bonds is 8. The molecule has 1 N–H and O–H groups in total. The van der Waals surface area contributed by atoms with Crippen molar-refractivity contribution in [2.75, 3.05) is 17.7 Å². The van der Waals surface area contributed by atoms with Crippen molar-refractivity contribution < 1.29 is 13.9 Å². The number of thioether (sulfide) groups is 1. The molecule has 0 unspecified atom stereocenters. The molecule has 4 rings (SSSR count). The highest BCUT2D eigenvalue weighted by atomic mass is 32.2. The van der Waals surface area contributed by atoms with E-state index in [4.69, 9.17) is 9.15 Å². The van der Waals surface area contributed by atoms with Crippen molar-refractivity contribution in [2.24, 2.45) is 0 Å². The Morgan fingerprint density at radius 1 is 1.09 bits per heavy atom. The highest BCUT2D eigenvalue weighted by molar-refractivity contribution is 7.99. The summed E-state index contributed by atoms with van der Waals surface area (Å²) >= 11 is 1.32. The Labute approximate surface area is 197 Å². The largest absolute Gasteiger partial charge is 0.494 e. The van der Waals surface area contributed by atoms with Gasteiger partial charge in [0.1, 0.15) is 5.75 Å². The molecule has 0 saturated heterocycles. The van der Waals surface area contributed by atoms with Crippen LogP contribution in [-0.2, 0) is 4.79 Å². The van der Waals surface area contributed by atoms with Gasteiger partial charge in [0.15, 0.2) is 10.9 Å². The van der Waals surface area contributed by atoms with Crippen molar-refractivity contribution >= 4 is 23.4 Å². The monoisotopic (exact) mass is 462 g/mol. The third kappa shape index (κ3) is 5.12. The van der Waals surface area contributed by atoms with Crippen LogP contribution in [0.25, 0.3) is 17.3 Å². The number of aromatic nitrogens is 3. The average molecular weight is 463 g/mol. The first-order valence-electron chi connectivity index (χ1n) is 10.7. The maximum atomic E-state index is 12.8. The number of hydrogen-bond donors (Lipinski definition) is 1. The summed E-state index contributed by atoms with van der Waals surface area (Å²) in [5.41, 5.74) is 4.97. The summed E-state index contributed by atoms with van der Waals surface area (Å²) in [6.07, 6.45) is 1.60. The van der Waals surface area contributed by atoms with Gasteiger partial charge in [0, 0.05) is 5.69 Å². The zero-order valence-electron chi connectivity index (χ0n) is 19.1. The smallest absolute Gasteiger partial charge is 0.234 e. The van der Waals surface area contributed by atoms with Gasteiger partial charge in [-0.1, -0.05) is 29.5 Å². The third-order valence-electron chi connectivity index (χ3n) is 5.05. The minimum Gasteiger partial charge on any atom is -0.494 e. The van der Waals surface area contributed by atoms with Crippen LogP contribution in [0.5, 0.6) is 5.75 Å². The van der Waals surface area contributed by atoms with Gasteiger partial charge in [-0.25, -0.2) is 0 Å². The number of nitrogens with zero attached hydrogens (tertiary/aromatic N) is 3. The second-order valence-electron chi connectivity index (χ2n) is 7.66. The number of carbonyl (C=O) groups is 1. The first-order chi connectivity index (χ1) is 16.0. The van der Waals surface area contributed by atoms with E-state index >= 15 is 0 Å². The van der Waals surface area contributed by atoms with Crippen molar-refractivity contribution in [2.45, 2.75) is 32.9 Å². The predicted octanol–water partition coefficient (Wildman–Crippen LogP) is 5.58. The van der Waals surface area contributed by atoms with Gasteiger partial charge in [0.2, 0.25) is 11.7 Å². The Bertz CT molecular complexity index is 1220. The van der Waals surface area contributed by atoms with Gasteiger partial charge >= 0.3 is 0 Å². The van der Waals surface area contributed by atoms with Crippen LogP contribution in [0.1, 0.15) is 23.6 Å². The summed E-state index contributed by atoms with van der Waals surface area (Å²) in [7, 11) is 0. The minimum atomic E-state index is -0.101. The van der Waals surface area contributed by atoms with Gasteiger partial charge in [-0.15, -0.1) is 10.2 Å². The average Bonchev–Trinajstić information content (AvgIpc) is 3.45. The van der Waals surface area contributed by atoms with E-state index in [0.29, 0.717) is 23.3 Å². The molecule has 0 bridgehead atoms. The van der Waals surface area contributed by atoms with E-state index < -0.39 is 0 Å². The SMILES string of the molecule is CCOc1ccc(-n2c(SCC(=O)Nc3c(C)cc(C)cc3C)nnc2-c2ccco2)cc1. The van der Waals surface area contributed by atoms with Crippen LogP contribution in [0.2, 0.25) is 0 Å². The minimum absolute atomic E-state index is 0.101. The Morgan fingerprint density at radius 2 is 1.82 bits per heavy atom. The molecule has 7 nitrogen and oxygen atoms in total. The van der Waals surface area contributed by atoms with Crippen LogP contribution >= 0.6 is 11.8 Å². The molecule has 0 aliphatic rings. The van der Waals surface area contributed by atoms with Crippen LogP contribution in [0.4, 0.5) is 5.69 Å². The Balaban J connectivity index is 1.57. The molecule has 4 aromatic rings. The van der Waals surface area contributed by atoms with E-state index in [2.05, 4.69) is 27.6 Å². The first kappa shape index (κ1) is 22.7. The molecule has 0 fully saturated rings. The lowest BCUT2D eigenvalue weighted by Gasteiger charge is -2.13. The topological polar surface area (TPSA) is 82.2 Å². The van der Waals surface area contributed by atoms with E-state index in [1.807, 2.05) is 62.6 Å². The summed E-state index contributed by atoms with van der Waals surface area (Å²) in [4.78, 5) is 12.8. The summed E-state index contributed by atoms with van der Waals surface area (Å²) in [6.45, 7) is 8.59. The van der Waals surface area contributed by atoms with Gasteiger partial charge in [-0.3, -0.25) is 9.36 Å². The second-order valence-corrected chi connectivity index (χ2v) is 8.60. The van der Waals surface area contributed by atoms with Crippen LogP contribution < -0.4 is 10.1 Å². The highest BCUT2D eigenvalue weighted by Crippen LogP contribution is 2.29. The molecule has 0 spiro atoms. The van der Waals surface area contributed by atoms with Crippen LogP contribution in [0, 0.1) is 20.8 Å². The summed E-state index contributed by atoms with van der Waals surface area (Å²) in [5, 5.41) is 12.3. The fourth-order valence-electron chi connectivity index (χ4n) is 3.70. The number of furan rings is 1. The molecule has 1 amide bonds. The quantitative estimate of drug-likeness (QED) is 0.344. The lowest BCUT2D eigenvalue weighted by Crippen LogP contribution is -2.16. The standard InChI is InChI=1S/C25H26N4O3S/c1-5-31-20-10-8-19(9-11-20)29-24(21-7-6-12-32-21)27-28-25(29)33-15-22(30)26-23-17(3)13-16(2)14-18(23)4/h6-14H,5,15H2,1-4H3,(H,26,30). The lowest BCUT2D eigenvalue weighted by molar-refractivity contribution is -0.113. The first-order valence-corrected chi connectivity index (χ1v) is 11.7. The van der Waals surface area contributed by atoms with Crippen molar-refractivity contribution in [3.63, 3.8) is 0 Å². The van der Waals surface area contributed by atoms with Gasteiger partial charge < -0.3 is 14.5 Å².